The molecule has 0 atom stereocenters. The molecule has 1 aliphatic rings. The van der Waals surface area contributed by atoms with Crippen molar-refractivity contribution in [3.63, 3.8) is 0 Å². The van der Waals surface area contributed by atoms with Gasteiger partial charge in [-0.2, -0.15) is 0 Å². The van der Waals surface area contributed by atoms with E-state index >= 15 is 0 Å². The van der Waals surface area contributed by atoms with Crippen LogP contribution in [-0.2, 0) is 19.3 Å². The number of amides is 2. The molecule has 1 aromatic carbocycles. The molecule has 0 heterocycles. The second-order valence-electron chi connectivity index (χ2n) is 4.46. The van der Waals surface area contributed by atoms with Crippen LogP contribution < -0.4 is 16.6 Å². The zero-order valence-electron chi connectivity index (χ0n) is 9.96. The van der Waals surface area contributed by atoms with Gasteiger partial charge in [0.15, 0.2) is 0 Å². The van der Waals surface area contributed by atoms with Crippen LogP contribution >= 0.6 is 0 Å². The summed E-state index contributed by atoms with van der Waals surface area (Å²) >= 11 is 0. The topological polar surface area (TPSA) is 67.1 Å². The normalized spacial score (nSPS) is 13.9. The Balaban J connectivity index is 1.91. The highest BCUT2D eigenvalue weighted by atomic mass is 16.2. The van der Waals surface area contributed by atoms with Crippen molar-refractivity contribution in [2.45, 2.75) is 32.1 Å². The average molecular weight is 233 g/mol. The van der Waals surface area contributed by atoms with Gasteiger partial charge >= 0.3 is 6.03 Å². The molecule has 2 rings (SSSR count). The average Bonchev–Trinajstić information content (AvgIpc) is 2.38. The minimum Gasteiger partial charge on any atom is -0.337 e. The summed E-state index contributed by atoms with van der Waals surface area (Å²) in [6, 6.07) is 6.33. The number of nitrogens with one attached hydrogen (secondary N) is 2. The molecule has 0 aromatic heterocycles. The van der Waals surface area contributed by atoms with Gasteiger partial charge in [0.2, 0.25) is 0 Å². The Bertz CT molecular complexity index is 404. The van der Waals surface area contributed by atoms with E-state index in [-0.39, 0.29) is 6.03 Å². The van der Waals surface area contributed by atoms with Gasteiger partial charge in [0.05, 0.1) is 0 Å². The summed E-state index contributed by atoms with van der Waals surface area (Å²) in [6.07, 6.45) is 5.86. The summed E-state index contributed by atoms with van der Waals surface area (Å²) in [4.78, 5) is 10.9. The van der Waals surface area contributed by atoms with Crippen molar-refractivity contribution in [3.8, 4) is 0 Å². The molecule has 0 bridgehead atoms. The third-order valence-electron chi connectivity index (χ3n) is 3.24. The van der Waals surface area contributed by atoms with Gasteiger partial charge in [-0.1, -0.05) is 18.2 Å². The predicted octanol–water partition coefficient (Wildman–Crippen LogP) is 1.28. The molecule has 0 unspecified atom stereocenters. The minimum atomic E-state index is -0.331. The van der Waals surface area contributed by atoms with Gasteiger partial charge in [-0.3, -0.25) is 5.43 Å². The number of hydrogen-bond acceptors (Lipinski definition) is 2. The highest BCUT2D eigenvalue weighted by Crippen LogP contribution is 2.22. The Morgan fingerprint density at radius 2 is 2.00 bits per heavy atom. The van der Waals surface area contributed by atoms with Crippen molar-refractivity contribution >= 4 is 6.03 Å². The fourth-order valence-corrected chi connectivity index (χ4v) is 2.31. The molecule has 0 spiro atoms. The lowest BCUT2D eigenvalue weighted by atomic mass is 9.90. The van der Waals surface area contributed by atoms with Gasteiger partial charge in [0, 0.05) is 6.54 Å². The SMILES string of the molecule is NNC(=O)NCCc1ccc2c(c1)CCCC2. The van der Waals surface area contributed by atoms with Gasteiger partial charge < -0.3 is 5.32 Å². The Morgan fingerprint density at radius 3 is 2.76 bits per heavy atom. The van der Waals surface area contributed by atoms with Gasteiger partial charge in [-0.25, -0.2) is 10.6 Å². The number of hydrogen-bond donors (Lipinski definition) is 3. The number of hydrazine groups is 1. The Labute approximate surface area is 102 Å². The molecule has 0 saturated carbocycles. The van der Waals surface area contributed by atoms with Gasteiger partial charge in [0.1, 0.15) is 0 Å². The highest BCUT2D eigenvalue weighted by Gasteiger charge is 2.09. The van der Waals surface area contributed by atoms with Crippen molar-refractivity contribution in [1.29, 1.82) is 0 Å². The van der Waals surface area contributed by atoms with Crippen molar-refractivity contribution in [2.24, 2.45) is 5.84 Å². The van der Waals surface area contributed by atoms with Crippen LogP contribution in [0.4, 0.5) is 4.79 Å². The maximum Gasteiger partial charge on any atom is 0.328 e. The smallest absolute Gasteiger partial charge is 0.328 e. The number of urea groups is 1. The first-order valence-electron chi connectivity index (χ1n) is 6.15. The first kappa shape index (κ1) is 11.9. The second-order valence-corrected chi connectivity index (χ2v) is 4.46. The second kappa shape index (κ2) is 5.68. The molecule has 92 valence electrons. The Morgan fingerprint density at radius 1 is 1.24 bits per heavy atom. The quantitative estimate of drug-likeness (QED) is 0.418. The van der Waals surface area contributed by atoms with Crippen molar-refractivity contribution < 1.29 is 4.79 Å². The predicted molar refractivity (Wildman–Crippen MR) is 67.5 cm³/mol. The van der Waals surface area contributed by atoms with Gasteiger partial charge in [-0.15, -0.1) is 0 Å². The van der Waals surface area contributed by atoms with E-state index in [1.54, 1.807) is 0 Å². The van der Waals surface area contributed by atoms with Crippen LogP contribution in [0.1, 0.15) is 29.5 Å². The zero-order chi connectivity index (χ0) is 12.1. The van der Waals surface area contributed by atoms with E-state index in [1.807, 2.05) is 0 Å². The third kappa shape index (κ3) is 3.20. The summed E-state index contributed by atoms with van der Waals surface area (Å²) in [7, 11) is 0. The number of aryl methyl sites for hydroxylation is 2. The number of fused-ring (bicyclic) bond motifs is 1. The van der Waals surface area contributed by atoms with Crippen LogP contribution in [0.5, 0.6) is 0 Å². The Kier molecular flexibility index (Phi) is 3.98. The number of nitrogens with two attached hydrogens (primary N) is 1. The standard InChI is InChI=1S/C13H19N3O/c14-16-13(17)15-8-7-10-5-6-11-3-1-2-4-12(11)9-10/h5-6,9H,1-4,7-8,14H2,(H2,15,16,17). The van der Waals surface area contributed by atoms with E-state index in [1.165, 1.54) is 42.4 Å². The van der Waals surface area contributed by atoms with Crippen LogP contribution in [0.2, 0.25) is 0 Å². The summed E-state index contributed by atoms with van der Waals surface area (Å²) in [5.41, 5.74) is 6.31. The van der Waals surface area contributed by atoms with Crippen LogP contribution in [0, 0.1) is 0 Å². The molecule has 2 amide bonds. The summed E-state index contributed by atoms with van der Waals surface area (Å²) in [6.45, 7) is 0.613. The molecular formula is C13H19N3O. The molecule has 0 fully saturated rings. The van der Waals surface area contributed by atoms with Crippen molar-refractivity contribution in [3.05, 3.63) is 34.9 Å². The maximum atomic E-state index is 10.9. The largest absolute Gasteiger partial charge is 0.337 e. The van der Waals surface area contributed by atoms with E-state index in [0.717, 1.165) is 6.42 Å². The van der Waals surface area contributed by atoms with Gasteiger partial charge in [0.25, 0.3) is 0 Å². The van der Waals surface area contributed by atoms with E-state index in [2.05, 4.69) is 28.9 Å². The molecule has 0 aliphatic heterocycles. The first-order valence-corrected chi connectivity index (χ1v) is 6.15. The number of carbonyl (C=O) groups excluding carboxylic acids is 1. The molecule has 1 aromatic rings. The van der Waals surface area contributed by atoms with E-state index < -0.39 is 0 Å². The lowest BCUT2D eigenvalue weighted by molar-refractivity contribution is 0.241. The monoisotopic (exact) mass is 233 g/mol. The summed E-state index contributed by atoms with van der Waals surface area (Å²) in [5, 5.41) is 2.69. The van der Waals surface area contributed by atoms with Crippen molar-refractivity contribution in [1.82, 2.24) is 10.7 Å². The van der Waals surface area contributed by atoms with Crippen LogP contribution in [0.15, 0.2) is 18.2 Å². The lowest BCUT2D eigenvalue weighted by Crippen LogP contribution is -2.40. The Hall–Kier alpha value is -1.55. The van der Waals surface area contributed by atoms with Crippen LogP contribution in [0.25, 0.3) is 0 Å². The molecule has 17 heavy (non-hydrogen) atoms. The molecule has 4 heteroatoms. The zero-order valence-corrected chi connectivity index (χ0v) is 9.96. The van der Waals surface area contributed by atoms with Crippen LogP contribution in [-0.4, -0.2) is 12.6 Å². The maximum absolute atomic E-state index is 10.9. The minimum absolute atomic E-state index is 0.331. The molecule has 1 aliphatic carbocycles. The lowest BCUT2D eigenvalue weighted by Gasteiger charge is -2.16. The number of benzene rings is 1. The molecule has 4 N–H and O–H groups in total. The summed E-state index contributed by atoms with van der Waals surface area (Å²) in [5.74, 6) is 4.98. The van der Waals surface area contributed by atoms with E-state index in [9.17, 15) is 4.79 Å². The number of rotatable bonds is 3. The highest BCUT2D eigenvalue weighted by molar-refractivity contribution is 5.72. The molecule has 0 saturated heterocycles. The van der Waals surface area contributed by atoms with E-state index in [0.29, 0.717) is 6.54 Å². The van der Waals surface area contributed by atoms with Gasteiger partial charge in [-0.05, 0) is 48.8 Å². The third-order valence-corrected chi connectivity index (χ3v) is 3.24. The number of carbonyl (C=O) groups is 1. The molecule has 0 radical (unpaired) electrons. The fraction of sp³-hybridized carbons (Fsp3) is 0.462. The molecular weight excluding hydrogens is 214 g/mol. The van der Waals surface area contributed by atoms with Crippen LogP contribution in [0.3, 0.4) is 0 Å². The first-order chi connectivity index (χ1) is 8.29. The molecule has 4 nitrogen and oxygen atoms in total. The van der Waals surface area contributed by atoms with Crippen molar-refractivity contribution in [2.75, 3.05) is 6.54 Å². The summed E-state index contributed by atoms with van der Waals surface area (Å²) < 4.78 is 0. The fourth-order valence-electron chi connectivity index (χ4n) is 2.31. The van der Waals surface area contributed by atoms with E-state index in [4.69, 9.17) is 5.84 Å².